The molecule has 0 aliphatic heterocycles. The van der Waals surface area contributed by atoms with Crippen molar-refractivity contribution in [1.29, 1.82) is 0 Å². The second-order valence-corrected chi connectivity index (χ2v) is 9.56. The van der Waals surface area contributed by atoms with Crippen LogP contribution in [0.1, 0.15) is 39.0 Å². The Morgan fingerprint density at radius 1 is 1.06 bits per heavy atom. The van der Waals surface area contributed by atoms with Crippen LogP contribution in [0.15, 0.2) is 41.8 Å². The van der Waals surface area contributed by atoms with E-state index < -0.39 is 11.9 Å². The topological polar surface area (TPSA) is 68.7 Å². The van der Waals surface area contributed by atoms with Gasteiger partial charge in [0.2, 0.25) is 0 Å². The number of carbonyl (C=O) groups is 2. The summed E-state index contributed by atoms with van der Waals surface area (Å²) in [5, 5.41) is 2.19. The van der Waals surface area contributed by atoms with E-state index in [1.165, 1.54) is 53.9 Å². The normalized spacial score (nSPS) is 10.7. The molecule has 0 saturated heterocycles. The lowest BCUT2D eigenvalue weighted by Crippen LogP contribution is -2.33. The molecule has 0 saturated carbocycles. The summed E-state index contributed by atoms with van der Waals surface area (Å²) in [7, 11) is 1.18. The predicted octanol–water partition coefficient (Wildman–Crippen LogP) is 6.71. The zero-order valence-electron chi connectivity index (χ0n) is 18.0. The van der Waals surface area contributed by atoms with Crippen LogP contribution in [0.5, 0.6) is 5.75 Å². The number of amides is 1. The van der Waals surface area contributed by atoms with Crippen LogP contribution in [0.3, 0.4) is 0 Å². The van der Waals surface area contributed by atoms with Gasteiger partial charge in [-0.05, 0) is 42.8 Å². The SMILES string of the molecule is CCCCCCCOc1ccc(N(C(=O)C(=O)OC)c2nc(-c3ccc(Cl)s3)cs2)cc1. The molecule has 2 heterocycles. The summed E-state index contributed by atoms with van der Waals surface area (Å²) in [6.45, 7) is 2.84. The molecule has 1 aromatic carbocycles. The number of nitrogens with zero attached hydrogens (tertiary/aromatic N) is 2. The first kappa shape index (κ1) is 24.2. The number of unbranched alkanes of at least 4 members (excludes halogenated alkanes) is 4. The van der Waals surface area contributed by atoms with Crippen LogP contribution in [-0.2, 0) is 14.3 Å². The molecule has 6 nitrogen and oxygen atoms in total. The fraction of sp³-hybridized carbons (Fsp3) is 0.348. The van der Waals surface area contributed by atoms with Crippen molar-refractivity contribution in [2.75, 3.05) is 18.6 Å². The highest BCUT2D eigenvalue weighted by molar-refractivity contribution is 7.20. The molecule has 32 heavy (non-hydrogen) atoms. The lowest BCUT2D eigenvalue weighted by molar-refractivity contribution is -0.151. The number of hydrogen-bond donors (Lipinski definition) is 0. The van der Waals surface area contributed by atoms with E-state index in [-0.39, 0.29) is 0 Å². The molecule has 3 aromatic rings. The highest BCUT2D eigenvalue weighted by Crippen LogP contribution is 2.36. The van der Waals surface area contributed by atoms with Gasteiger partial charge in [-0.1, -0.05) is 44.2 Å². The largest absolute Gasteiger partial charge is 0.494 e. The molecular weight excluding hydrogens is 468 g/mol. The maximum Gasteiger partial charge on any atom is 0.397 e. The monoisotopic (exact) mass is 492 g/mol. The number of benzene rings is 1. The molecule has 3 rings (SSSR count). The Hall–Kier alpha value is -2.42. The van der Waals surface area contributed by atoms with Gasteiger partial charge >= 0.3 is 11.9 Å². The summed E-state index contributed by atoms with van der Waals surface area (Å²) in [5.74, 6) is -1.07. The fourth-order valence-corrected chi connectivity index (χ4v) is 4.93. The molecular formula is C23H25ClN2O4S2. The Balaban J connectivity index is 1.75. The molecule has 0 unspecified atom stereocenters. The number of aromatic nitrogens is 1. The van der Waals surface area contributed by atoms with Crippen LogP contribution in [0, 0.1) is 0 Å². The predicted molar refractivity (Wildman–Crippen MR) is 130 cm³/mol. The molecule has 0 aliphatic rings. The third kappa shape index (κ3) is 6.31. The molecule has 0 atom stereocenters. The molecule has 0 N–H and O–H groups in total. The lowest BCUT2D eigenvalue weighted by atomic mass is 10.2. The van der Waals surface area contributed by atoms with Gasteiger partial charge in [-0.15, -0.1) is 22.7 Å². The first-order valence-corrected chi connectivity index (χ1v) is 12.5. The molecule has 0 spiro atoms. The summed E-state index contributed by atoms with van der Waals surface area (Å²) in [4.78, 5) is 31.5. The highest BCUT2D eigenvalue weighted by Gasteiger charge is 2.28. The maximum atomic E-state index is 12.8. The average Bonchev–Trinajstić information content (AvgIpc) is 3.46. The molecule has 1 amide bonds. The minimum atomic E-state index is -0.965. The number of rotatable bonds is 10. The summed E-state index contributed by atoms with van der Waals surface area (Å²) in [6, 6.07) is 10.7. The van der Waals surface area contributed by atoms with Crippen molar-refractivity contribution in [2.24, 2.45) is 0 Å². The highest BCUT2D eigenvalue weighted by atomic mass is 35.5. The quantitative estimate of drug-likeness (QED) is 0.179. The summed E-state index contributed by atoms with van der Waals surface area (Å²) in [6.07, 6.45) is 5.83. The number of anilines is 2. The van der Waals surface area contributed by atoms with Crippen molar-refractivity contribution in [1.82, 2.24) is 4.98 Å². The minimum absolute atomic E-state index is 0.365. The Morgan fingerprint density at radius 3 is 2.47 bits per heavy atom. The number of esters is 1. The Bertz CT molecular complexity index is 1030. The number of thiophene rings is 1. The first-order chi connectivity index (χ1) is 15.5. The Kier molecular flexibility index (Phi) is 9.08. The van der Waals surface area contributed by atoms with E-state index in [4.69, 9.17) is 16.3 Å². The molecule has 0 fully saturated rings. The van der Waals surface area contributed by atoms with Crippen LogP contribution in [0.4, 0.5) is 10.8 Å². The second kappa shape index (κ2) is 12.0. The fourth-order valence-electron chi connectivity index (χ4n) is 3.01. The van der Waals surface area contributed by atoms with Gasteiger partial charge in [0.1, 0.15) is 5.75 Å². The number of hydrogen-bond acceptors (Lipinski definition) is 7. The third-order valence-electron chi connectivity index (χ3n) is 4.68. The van der Waals surface area contributed by atoms with Gasteiger partial charge in [0.15, 0.2) is 5.13 Å². The van der Waals surface area contributed by atoms with Crippen LogP contribution in [0.25, 0.3) is 10.6 Å². The standard InChI is InChI=1S/C23H25ClN2O4S2/c1-3-4-5-6-7-14-30-17-10-8-16(9-11-17)26(21(27)22(28)29-2)23-25-18(15-31-23)19-12-13-20(24)32-19/h8-13,15H,3-7,14H2,1-2H3. The summed E-state index contributed by atoms with van der Waals surface area (Å²) in [5.41, 5.74) is 1.19. The third-order valence-corrected chi connectivity index (χ3v) is 6.76. The zero-order valence-corrected chi connectivity index (χ0v) is 20.4. The van der Waals surface area contributed by atoms with E-state index in [9.17, 15) is 9.59 Å². The molecule has 0 radical (unpaired) electrons. The summed E-state index contributed by atoms with van der Waals surface area (Å²) < 4.78 is 11.1. The van der Waals surface area contributed by atoms with Crippen molar-refractivity contribution in [3.63, 3.8) is 0 Å². The van der Waals surface area contributed by atoms with Gasteiger partial charge < -0.3 is 9.47 Å². The number of ether oxygens (including phenoxy) is 2. The van der Waals surface area contributed by atoms with Crippen LogP contribution in [-0.4, -0.2) is 30.6 Å². The molecule has 170 valence electrons. The van der Waals surface area contributed by atoms with Crippen molar-refractivity contribution in [3.05, 3.63) is 46.1 Å². The number of halogens is 1. The zero-order chi connectivity index (χ0) is 22.9. The van der Waals surface area contributed by atoms with Gasteiger partial charge in [0.25, 0.3) is 0 Å². The lowest BCUT2D eigenvalue weighted by Gasteiger charge is -2.19. The van der Waals surface area contributed by atoms with Crippen LogP contribution >= 0.6 is 34.3 Å². The van der Waals surface area contributed by atoms with Crippen molar-refractivity contribution in [2.45, 2.75) is 39.0 Å². The average molecular weight is 493 g/mol. The minimum Gasteiger partial charge on any atom is -0.494 e. The molecule has 2 aromatic heterocycles. The van der Waals surface area contributed by atoms with E-state index in [2.05, 4.69) is 16.6 Å². The number of carbonyl (C=O) groups excluding carboxylic acids is 2. The summed E-state index contributed by atoms with van der Waals surface area (Å²) >= 11 is 8.68. The van der Waals surface area contributed by atoms with Crippen molar-refractivity contribution < 1.29 is 19.1 Å². The van der Waals surface area contributed by atoms with Crippen LogP contribution < -0.4 is 9.64 Å². The Labute approximate surface area is 200 Å². The molecule has 9 heteroatoms. The van der Waals surface area contributed by atoms with E-state index in [1.54, 1.807) is 30.3 Å². The van der Waals surface area contributed by atoms with Gasteiger partial charge in [0.05, 0.1) is 34.3 Å². The van der Waals surface area contributed by atoms with E-state index in [0.717, 1.165) is 17.7 Å². The maximum absolute atomic E-state index is 12.8. The smallest absolute Gasteiger partial charge is 0.397 e. The molecule has 0 bridgehead atoms. The van der Waals surface area contributed by atoms with Gasteiger partial charge in [-0.2, -0.15) is 0 Å². The first-order valence-electron chi connectivity index (χ1n) is 10.4. The van der Waals surface area contributed by atoms with Gasteiger partial charge in [0, 0.05) is 5.38 Å². The van der Waals surface area contributed by atoms with E-state index in [1.807, 2.05) is 11.4 Å². The number of thiazole rings is 1. The van der Waals surface area contributed by atoms with E-state index >= 15 is 0 Å². The van der Waals surface area contributed by atoms with Gasteiger partial charge in [-0.3, -0.25) is 4.79 Å². The van der Waals surface area contributed by atoms with Crippen molar-refractivity contribution in [3.8, 4) is 16.3 Å². The number of methoxy groups -OCH3 is 1. The Morgan fingerprint density at radius 2 is 1.81 bits per heavy atom. The van der Waals surface area contributed by atoms with Crippen molar-refractivity contribution >= 4 is 57.0 Å². The second-order valence-electron chi connectivity index (χ2n) is 7.01. The van der Waals surface area contributed by atoms with Gasteiger partial charge in [-0.25, -0.2) is 14.7 Å². The molecule has 0 aliphatic carbocycles. The van der Waals surface area contributed by atoms with E-state index in [0.29, 0.717) is 33.2 Å². The van der Waals surface area contributed by atoms with Crippen LogP contribution in [0.2, 0.25) is 4.34 Å².